The monoisotopic (exact) mass is 270 g/mol. The van der Waals surface area contributed by atoms with E-state index in [-0.39, 0.29) is 11.4 Å². The predicted octanol–water partition coefficient (Wildman–Crippen LogP) is 2.00. The van der Waals surface area contributed by atoms with E-state index in [2.05, 4.69) is 5.32 Å². The Hall–Kier alpha value is -0.520. The Kier molecular flexibility index (Phi) is 3.80. The fourth-order valence-electron chi connectivity index (χ4n) is 1.68. The molecule has 1 aliphatic heterocycles. The largest absolute Gasteiger partial charge is 0.345 e. The van der Waals surface area contributed by atoms with Crippen molar-refractivity contribution < 1.29 is 4.79 Å². The Bertz CT molecular complexity index is 403. The summed E-state index contributed by atoms with van der Waals surface area (Å²) in [6, 6.07) is 2.04. The molecule has 0 spiro atoms. The minimum Gasteiger partial charge on any atom is -0.345 e. The van der Waals surface area contributed by atoms with Gasteiger partial charge < -0.3 is 11.1 Å². The lowest BCUT2D eigenvalue weighted by Crippen LogP contribution is -2.48. The van der Waals surface area contributed by atoms with Crippen LogP contribution in [0, 0.1) is 0 Å². The van der Waals surface area contributed by atoms with E-state index < -0.39 is 0 Å². The third-order valence-electron chi connectivity index (χ3n) is 2.81. The number of thiophene rings is 1. The number of hydrogen-bond acceptors (Lipinski definition) is 4. The Morgan fingerprint density at radius 2 is 2.35 bits per heavy atom. The standard InChI is InChI=1S/C12H18N2OS2/c1-12(2,7-13)14-11(15)10-5-8-6-16-4-3-9(8)17-10/h5H,3-4,6-7,13H2,1-2H3,(H,14,15). The number of carbonyl (C=O) groups is 1. The SMILES string of the molecule is CC(C)(CN)NC(=O)c1cc2c(s1)CCSC2. The van der Waals surface area contributed by atoms with Crippen LogP contribution in [0.15, 0.2) is 6.07 Å². The molecule has 2 heterocycles. The number of hydrogen-bond donors (Lipinski definition) is 2. The van der Waals surface area contributed by atoms with Gasteiger partial charge in [0, 0.05) is 22.7 Å². The molecule has 1 aromatic rings. The van der Waals surface area contributed by atoms with Gasteiger partial charge >= 0.3 is 0 Å². The first kappa shape index (κ1) is 12.9. The minimum absolute atomic E-state index is 0.00449. The van der Waals surface area contributed by atoms with Crippen LogP contribution >= 0.6 is 23.1 Å². The Morgan fingerprint density at radius 1 is 1.59 bits per heavy atom. The average molecular weight is 270 g/mol. The van der Waals surface area contributed by atoms with E-state index in [1.165, 1.54) is 16.2 Å². The van der Waals surface area contributed by atoms with Crippen LogP contribution in [0.4, 0.5) is 0 Å². The molecule has 0 aromatic carbocycles. The van der Waals surface area contributed by atoms with Crippen LogP contribution in [0.1, 0.15) is 34.0 Å². The molecule has 0 unspecified atom stereocenters. The highest BCUT2D eigenvalue weighted by atomic mass is 32.2. The van der Waals surface area contributed by atoms with Crippen molar-refractivity contribution in [2.45, 2.75) is 31.6 Å². The van der Waals surface area contributed by atoms with E-state index in [4.69, 9.17) is 5.73 Å². The fourth-order valence-corrected chi connectivity index (χ4v) is 3.95. The number of carbonyl (C=O) groups excluding carboxylic acids is 1. The number of aryl methyl sites for hydroxylation is 1. The second kappa shape index (κ2) is 5.00. The molecule has 94 valence electrons. The molecule has 0 radical (unpaired) electrons. The first-order chi connectivity index (χ1) is 8.02. The molecule has 0 saturated carbocycles. The van der Waals surface area contributed by atoms with Crippen molar-refractivity contribution in [3.8, 4) is 0 Å². The van der Waals surface area contributed by atoms with Crippen molar-refractivity contribution in [1.29, 1.82) is 0 Å². The predicted molar refractivity (Wildman–Crippen MR) is 74.8 cm³/mol. The highest BCUT2D eigenvalue weighted by molar-refractivity contribution is 7.98. The van der Waals surface area contributed by atoms with E-state index in [0.717, 1.165) is 17.1 Å². The molecule has 5 heteroatoms. The van der Waals surface area contributed by atoms with Crippen molar-refractivity contribution in [3.05, 3.63) is 21.4 Å². The Morgan fingerprint density at radius 3 is 3.00 bits per heavy atom. The number of nitrogens with two attached hydrogens (primary N) is 1. The van der Waals surface area contributed by atoms with Crippen LogP contribution in [0.3, 0.4) is 0 Å². The summed E-state index contributed by atoms with van der Waals surface area (Å²) in [5.74, 6) is 2.22. The lowest BCUT2D eigenvalue weighted by Gasteiger charge is -2.23. The van der Waals surface area contributed by atoms with Gasteiger partial charge in [0.2, 0.25) is 0 Å². The zero-order valence-electron chi connectivity index (χ0n) is 10.2. The Labute approximate surface area is 110 Å². The molecular weight excluding hydrogens is 252 g/mol. The zero-order chi connectivity index (χ0) is 12.5. The van der Waals surface area contributed by atoms with Gasteiger partial charge in [-0.05, 0) is 37.7 Å². The van der Waals surface area contributed by atoms with E-state index >= 15 is 0 Å². The lowest BCUT2D eigenvalue weighted by molar-refractivity contribution is 0.0920. The van der Waals surface area contributed by atoms with Crippen LogP contribution in [0.25, 0.3) is 0 Å². The van der Waals surface area contributed by atoms with Gasteiger partial charge in [-0.2, -0.15) is 11.8 Å². The summed E-state index contributed by atoms with van der Waals surface area (Å²) < 4.78 is 0. The molecular formula is C12H18N2OS2. The van der Waals surface area contributed by atoms with E-state index in [1.807, 2.05) is 31.7 Å². The number of amides is 1. The van der Waals surface area contributed by atoms with Crippen LogP contribution < -0.4 is 11.1 Å². The number of nitrogens with one attached hydrogen (secondary N) is 1. The van der Waals surface area contributed by atoms with Gasteiger partial charge in [0.15, 0.2) is 0 Å². The van der Waals surface area contributed by atoms with Gasteiger partial charge in [-0.25, -0.2) is 0 Å². The second-order valence-corrected chi connectivity index (χ2v) is 7.15. The van der Waals surface area contributed by atoms with Crippen molar-refractivity contribution in [2.24, 2.45) is 5.73 Å². The van der Waals surface area contributed by atoms with Crippen LogP contribution in [-0.2, 0) is 12.2 Å². The number of rotatable bonds is 3. The third kappa shape index (κ3) is 3.03. The van der Waals surface area contributed by atoms with Crippen LogP contribution in [0.5, 0.6) is 0 Å². The third-order valence-corrected chi connectivity index (χ3v) is 5.06. The molecule has 0 aliphatic carbocycles. The summed E-state index contributed by atoms with van der Waals surface area (Å²) in [5, 5.41) is 2.97. The van der Waals surface area contributed by atoms with E-state index in [9.17, 15) is 4.79 Å². The molecule has 1 amide bonds. The minimum atomic E-state index is -0.337. The topological polar surface area (TPSA) is 55.1 Å². The quantitative estimate of drug-likeness (QED) is 0.883. The number of thioether (sulfide) groups is 1. The van der Waals surface area contributed by atoms with Gasteiger partial charge in [-0.15, -0.1) is 11.3 Å². The first-order valence-corrected chi connectivity index (χ1v) is 7.71. The molecule has 0 atom stereocenters. The zero-order valence-corrected chi connectivity index (χ0v) is 11.8. The maximum atomic E-state index is 12.1. The van der Waals surface area contributed by atoms with Gasteiger partial charge in [0.05, 0.1) is 4.88 Å². The molecule has 0 saturated heterocycles. The molecule has 3 nitrogen and oxygen atoms in total. The van der Waals surface area contributed by atoms with Gasteiger partial charge in [0.25, 0.3) is 5.91 Å². The average Bonchev–Trinajstić information content (AvgIpc) is 2.72. The molecule has 0 fully saturated rings. The summed E-state index contributed by atoms with van der Waals surface area (Å²) in [6.45, 7) is 4.32. The van der Waals surface area contributed by atoms with Gasteiger partial charge in [0.1, 0.15) is 0 Å². The summed E-state index contributed by atoms with van der Waals surface area (Å²) >= 11 is 3.56. The van der Waals surface area contributed by atoms with Crippen molar-refractivity contribution in [2.75, 3.05) is 12.3 Å². The summed E-state index contributed by atoms with van der Waals surface area (Å²) in [7, 11) is 0. The highest BCUT2D eigenvalue weighted by Gasteiger charge is 2.22. The van der Waals surface area contributed by atoms with Crippen LogP contribution in [-0.4, -0.2) is 23.7 Å². The molecule has 1 aromatic heterocycles. The number of fused-ring (bicyclic) bond motifs is 1. The normalized spacial score (nSPS) is 15.5. The van der Waals surface area contributed by atoms with Crippen molar-refractivity contribution in [3.63, 3.8) is 0 Å². The first-order valence-electron chi connectivity index (χ1n) is 5.74. The summed E-state index contributed by atoms with van der Waals surface area (Å²) in [5.41, 5.74) is 6.61. The highest BCUT2D eigenvalue weighted by Crippen LogP contribution is 2.31. The molecule has 0 bridgehead atoms. The van der Waals surface area contributed by atoms with Gasteiger partial charge in [-0.3, -0.25) is 4.79 Å². The molecule has 2 rings (SSSR count). The van der Waals surface area contributed by atoms with Crippen molar-refractivity contribution >= 4 is 29.0 Å². The smallest absolute Gasteiger partial charge is 0.261 e. The molecule has 1 aliphatic rings. The van der Waals surface area contributed by atoms with Crippen LogP contribution in [0.2, 0.25) is 0 Å². The van der Waals surface area contributed by atoms with Crippen molar-refractivity contribution in [1.82, 2.24) is 5.32 Å². The lowest BCUT2D eigenvalue weighted by atomic mass is 10.1. The second-order valence-electron chi connectivity index (χ2n) is 4.90. The molecule has 3 N–H and O–H groups in total. The van der Waals surface area contributed by atoms with E-state index in [0.29, 0.717) is 6.54 Å². The maximum absolute atomic E-state index is 12.1. The van der Waals surface area contributed by atoms with E-state index in [1.54, 1.807) is 11.3 Å². The summed E-state index contributed by atoms with van der Waals surface area (Å²) in [4.78, 5) is 14.3. The maximum Gasteiger partial charge on any atom is 0.261 e. The fraction of sp³-hybridized carbons (Fsp3) is 0.583. The molecule has 17 heavy (non-hydrogen) atoms. The van der Waals surface area contributed by atoms with Gasteiger partial charge in [-0.1, -0.05) is 0 Å². The summed E-state index contributed by atoms with van der Waals surface area (Å²) in [6.07, 6.45) is 1.10. The Balaban J connectivity index is 2.12.